The van der Waals surface area contributed by atoms with E-state index in [0.717, 1.165) is 13.0 Å². The highest BCUT2D eigenvalue weighted by Crippen LogP contribution is 2.16. The molecule has 0 radical (unpaired) electrons. The average Bonchev–Trinajstić information content (AvgIpc) is 2.90. The van der Waals surface area contributed by atoms with Crippen molar-refractivity contribution in [2.75, 3.05) is 0 Å². The Bertz CT molecular complexity index is 622. The largest absolute Gasteiger partial charge is 0.347 e. The topological polar surface area (TPSA) is 71.8 Å². The third kappa shape index (κ3) is 2.70. The molecule has 6 nitrogen and oxygen atoms in total. The van der Waals surface area contributed by atoms with E-state index in [-0.39, 0.29) is 11.9 Å². The molecule has 2 N–H and O–H groups in total. The number of amides is 1. The van der Waals surface area contributed by atoms with Gasteiger partial charge in [0.2, 0.25) is 5.91 Å². The Morgan fingerprint density at radius 3 is 3.00 bits per heavy atom. The molecule has 0 spiro atoms. The van der Waals surface area contributed by atoms with E-state index in [4.69, 9.17) is 0 Å². The lowest BCUT2D eigenvalue weighted by atomic mass is 9.95. The van der Waals surface area contributed by atoms with Crippen LogP contribution >= 0.6 is 0 Å². The number of nitrogens with one attached hydrogen (secondary N) is 2. The van der Waals surface area contributed by atoms with Crippen molar-refractivity contribution in [1.82, 2.24) is 25.4 Å². The fraction of sp³-hybridized carbons (Fsp3) is 0.357. The smallest absolute Gasteiger partial charge is 0.237 e. The Labute approximate surface area is 117 Å². The third-order valence-electron chi connectivity index (χ3n) is 3.47. The van der Waals surface area contributed by atoms with E-state index in [0.29, 0.717) is 12.4 Å². The minimum absolute atomic E-state index is 0.00745. The zero-order valence-corrected chi connectivity index (χ0v) is 11.3. The molecule has 1 aliphatic rings. The van der Waals surface area contributed by atoms with Gasteiger partial charge in [0.15, 0.2) is 5.82 Å². The number of rotatable bonds is 3. The maximum atomic E-state index is 12.2. The molecule has 0 unspecified atom stereocenters. The highest BCUT2D eigenvalue weighted by atomic mass is 16.2. The number of aromatic nitrogens is 3. The first-order chi connectivity index (χ1) is 9.72. The first-order valence-corrected chi connectivity index (χ1v) is 6.65. The van der Waals surface area contributed by atoms with E-state index < -0.39 is 0 Å². The van der Waals surface area contributed by atoms with Gasteiger partial charge >= 0.3 is 0 Å². The molecule has 1 amide bonds. The highest BCUT2D eigenvalue weighted by Gasteiger charge is 2.23. The van der Waals surface area contributed by atoms with Gasteiger partial charge < -0.3 is 10.6 Å². The Morgan fingerprint density at radius 1 is 1.45 bits per heavy atom. The van der Waals surface area contributed by atoms with Crippen LogP contribution in [0.1, 0.15) is 17.0 Å². The van der Waals surface area contributed by atoms with Crippen LogP contribution in [0, 0.1) is 0 Å². The fourth-order valence-corrected chi connectivity index (χ4v) is 2.39. The van der Waals surface area contributed by atoms with Crippen LogP contribution in [0.25, 0.3) is 0 Å². The standard InChI is InChI=1S/C14H17N5O/c1-19-9-17-13(18-19)8-16-14(20)12-6-10-4-2-3-5-11(10)7-15-12/h2-5,9,12,15H,6-8H2,1H3,(H,16,20)/t12-/m1/s1. The lowest BCUT2D eigenvalue weighted by molar-refractivity contribution is -0.123. The Balaban J connectivity index is 1.59. The molecule has 1 aromatic heterocycles. The number of carbonyl (C=O) groups excluding carboxylic acids is 1. The molecule has 1 aromatic carbocycles. The van der Waals surface area contributed by atoms with E-state index >= 15 is 0 Å². The lowest BCUT2D eigenvalue weighted by Gasteiger charge is -2.25. The highest BCUT2D eigenvalue weighted by molar-refractivity contribution is 5.82. The molecule has 0 bridgehead atoms. The Morgan fingerprint density at radius 2 is 2.25 bits per heavy atom. The summed E-state index contributed by atoms with van der Waals surface area (Å²) in [6.45, 7) is 1.09. The van der Waals surface area contributed by atoms with Crippen molar-refractivity contribution in [2.24, 2.45) is 7.05 Å². The maximum Gasteiger partial charge on any atom is 0.237 e. The van der Waals surface area contributed by atoms with Gasteiger partial charge in [-0.05, 0) is 17.5 Å². The number of nitrogens with zero attached hydrogens (tertiary/aromatic N) is 3. The van der Waals surface area contributed by atoms with Crippen molar-refractivity contribution < 1.29 is 4.79 Å². The predicted octanol–water partition coefficient (Wildman–Crippen LogP) is 0.146. The minimum Gasteiger partial charge on any atom is -0.347 e. The normalized spacial score (nSPS) is 17.6. The summed E-state index contributed by atoms with van der Waals surface area (Å²) in [5.74, 6) is 0.615. The van der Waals surface area contributed by atoms with Crippen molar-refractivity contribution in [2.45, 2.75) is 25.6 Å². The minimum atomic E-state index is -0.186. The Hall–Kier alpha value is -2.21. The lowest BCUT2D eigenvalue weighted by Crippen LogP contribution is -2.47. The number of aryl methyl sites for hydroxylation is 1. The van der Waals surface area contributed by atoms with Gasteiger partial charge in [-0.15, -0.1) is 0 Å². The summed E-state index contributed by atoms with van der Waals surface area (Å²) < 4.78 is 1.62. The quantitative estimate of drug-likeness (QED) is 0.833. The van der Waals surface area contributed by atoms with Gasteiger partial charge in [-0.25, -0.2) is 4.98 Å². The predicted molar refractivity (Wildman–Crippen MR) is 73.6 cm³/mol. The SMILES string of the molecule is Cn1cnc(CNC(=O)[C@H]2Cc3ccccc3CN2)n1. The van der Waals surface area contributed by atoms with Crippen LogP contribution in [0.15, 0.2) is 30.6 Å². The molecule has 2 heterocycles. The van der Waals surface area contributed by atoms with Crippen LogP contribution in [0.3, 0.4) is 0 Å². The van der Waals surface area contributed by atoms with Crippen LogP contribution in [0.5, 0.6) is 0 Å². The second kappa shape index (κ2) is 5.42. The first-order valence-electron chi connectivity index (χ1n) is 6.65. The van der Waals surface area contributed by atoms with Gasteiger partial charge in [0, 0.05) is 13.6 Å². The van der Waals surface area contributed by atoms with Crippen molar-refractivity contribution in [3.8, 4) is 0 Å². The van der Waals surface area contributed by atoms with Crippen molar-refractivity contribution >= 4 is 5.91 Å². The second-order valence-electron chi connectivity index (χ2n) is 4.96. The van der Waals surface area contributed by atoms with Crippen LogP contribution in [-0.4, -0.2) is 26.7 Å². The average molecular weight is 271 g/mol. The summed E-state index contributed by atoms with van der Waals surface area (Å²) in [7, 11) is 1.80. The summed E-state index contributed by atoms with van der Waals surface area (Å²) in [6, 6.07) is 8.02. The van der Waals surface area contributed by atoms with Gasteiger partial charge in [-0.2, -0.15) is 5.10 Å². The number of fused-ring (bicyclic) bond motifs is 1. The molecule has 20 heavy (non-hydrogen) atoms. The van der Waals surface area contributed by atoms with Gasteiger partial charge in [0.25, 0.3) is 0 Å². The molecule has 3 rings (SSSR count). The van der Waals surface area contributed by atoms with Gasteiger partial charge in [0.1, 0.15) is 6.33 Å². The van der Waals surface area contributed by atoms with Crippen molar-refractivity contribution in [1.29, 1.82) is 0 Å². The number of hydrogen-bond donors (Lipinski definition) is 2. The summed E-state index contributed by atoms with van der Waals surface area (Å²) in [6.07, 6.45) is 2.34. The monoisotopic (exact) mass is 271 g/mol. The van der Waals surface area contributed by atoms with Gasteiger partial charge in [0.05, 0.1) is 12.6 Å². The third-order valence-corrected chi connectivity index (χ3v) is 3.47. The number of hydrogen-bond acceptors (Lipinski definition) is 4. The molecule has 1 atom stereocenters. The molecule has 0 aliphatic carbocycles. The van der Waals surface area contributed by atoms with Crippen molar-refractivity contribution in [3.63, 3.8) is 0 Å². The number of benzene rings is 1. The summed E-state index contributed by atoms with van der Waals surface area (Å²) in [4.78, 5) is 16.2. The van der Waals surface area contributed by atoms with Crippen LogP contribution in [0.4, 0.5) is 0 Å². The Kier molecular flexibility index (Phi) is 3.47. The first kappa shape index (κ1) is 12.8. The van der Waals surface area contributed by atoms with Crippen molar-refractivity contribution in [3.05, 3.63) is 47.5 Å². The summed E-state index contributed by atoms with van der Waals surface area (Å²) >= 11 is 0. The molecule has 1 aliphatic heterocycles. The summed E-state index contributed by atoms with van der Waals surface area (Å²) in [5.41, 5.74) is 2.50. The molecule has 0 saturated heterocycles. The molecule has 104 valence electrons. The molecule has 2 aromatic rings. The fourth-order valence-electron chi connectivity index (χ4n) is 2.39. The number of carbonyl (C=O) groups is 1. The van der Waals surface area contributed by atoms with E-state index in [2.05, 4.69) is 32.8 Å². The van der Waals surface area contributed by atoms with E-state index in [9.17, 15) is 4.79 Å². The van der Waals surface area contributed by atoms with E-state index in [1.54, 1.807) is 18.1 Å². The van der Waals surface area contributed by atoms with Crippen LogP contribution in [-0.2, 0) is 31.4 Å². The molecular weight excluding hydrogens is 254 g/mol. The van der Waals surface area contributed by atoms with Gasteiger partial charge in [-0.1, -0.05) is 24.3 Å². The molecule has 0 fully saturated rings. The van der Waals surface area contributed by atoms with E-state index in [1.165, 1.54) is 11.1 Å². The molecule has 0 saturated carbocycles. The molecule has 6 heteroatoms. The zero-order chi connectivity index (χ0) is 13.9. The zero-order valence-electron chi connectivity index (χ0n) is 11.3. The molecular formula is C14H17N5O. The maximum absolute atomic E-state index is 12.2. The van der Waals surface area contributed by atoms with Gasteiger partial charge in [-0.3, -0.25) is 9.48 Å². The van der Waals surface area contributed by atoms with Crippen LogP contribution in [0.2, 0.25) is 0 Å². The summed E-state index contributed by atoms with van der Waals surface area (Å²) in [5, 5.41) is 10.3. The second-order valence-corrected chi connectivity index (χ2v) is 4.96. The van der Waals surface area contributed by atoms with Crippen LogP contribution < -0.4 is 10.6 Å². The van der Waals surface area contributed by atoms with E-state index in [1.807, 2.05) is 12.1 Å².